The minimum Gasteiger partial charge on any atom is -0.493 e. The van der Waals surface area contributed by atoms with Gasteiger partial charge in [0.25, 0.3) is 0 Å². The molecule has 1 heterocycles. The maximum Gasteiger partial charge on any atom is 0.319 e. The molecule has 122 valence electrons. The number of pyridine rings is 1. The van der Waals surface area contributed by atoms with Gasteiger partial charge < -0.3 is 15.4 Å². The van der Waals surface area contributed by atoms with Crippen LogP contribution in [0.2, 0.25) is 5.15 Å². The Kier molecular flexibility index (Phi) is 6.23. The molecule has 0 atom stereocenters. The fourth-order valence-corrected chi connectivity index (χ4v) is 2.29. The van der Waals surface area contributed by atoms with E-state index < -0.39 is 0 Å². The summed E-state index contributed by atoms with van der Waals surface area (Å²) in [5, 5.41) is 5.67. The Morgan fingerprint density at radius 3 is 2.65 bits per heavy atom. The number of nitrogens with zero attached hydrogens (tertiary/aromatic N) is 1. The molecule has 0 aliphatic rings. The van der Waals surface area contributed by atoms with E-state index in [-0.39, 0.29) is 11.2 Å². The largest absolute Gasteiger partial charge is 0.493 e. The zero-order valence-corrected chi connectivity index (χ0v) is 14.0. The summed E-state index contributed by atoms with van der Waals surface area (Å²) in [6.45, 7) is 5.09. The standard InChI is InChI=1S/C17H20ClN3O2/c1-12-6-3-7-13(2)15(12)23-11-5-10-20-17(22)21-14-8-4-9-19-16(14)18/h3-4,6-9H,5,10-11H2,1-2H3,(H2,20,21,22). The molecule has 23 heavy (non-hydrogen) atoms. The highest BCUT2D eigenvalue weighted by Gasteiger charge is 2.06. The number of rotatable bonds is 6. The summed E-state index contributed by atoms with van der Waals surface area (Å²) >= 11 is 5.88. The Labute approximate surface area is 141 Å². The van der Waals surface area contributed by atoms with Crippen molar-refractivity contribution in [3.63, 3.8) is 0 Å². The molecule has 1 aromatic carbocycles. The van der Waals surface area contributed by atoms with Crippen molar-refractivity contribution in [2.45, 2.75) is 20.3 Å². The van der Waals surface area contributed by atoms with Crippen LogP contribution in [0, 0.1) is 13.8 Å². The maximum absolute atomic E-state index is 11.8. The highest BCUT2D eigenvalue weighted by molar-refractivity contribution is 6.32. The fourth-order valence-electron chi connectivity index (χ4n) is 2.12. The van der Waals surface area contributed by atoms with E-state index in [9.17, 15) is 4.79 Å². The predicted octanol–water partition coefficient (Wildman–Crippen LogP) is 3.94. The van der Waals surface area contributed by atoms with Gasteiger partial charge in [-0.2, -0.15) is 0 Å². The molecule has 0 unspecified atom stereocenters. The van der Waals surface area contributed by atoms with Crippen LogP contribution in [-0.4, -0.2) is 24.2 Å². The lowest BCUT2D eigenvalue weighted by Gasteiger charge is -2.12. The minimum absolute atomic E-state index is 0.265. The average molecular weight is 334 g/mol. The summed E-state index contributed by atoms with van der Waals surface area (Å²) in [7, 11) is 0. The molecule has 0 bridgehead atoms. The number of anilines is 1. The lowest BCUT2D eigenvalue weighted by Crippen LogP contribution is -2.30. The molecule has 2 aromatic rings. The molecular formula is C17H20ClN3O2. The van der Waals surface area contributed by atoms with Gasteiger partial charge in [-0.1, -0.05) is 29.8 Å². The molecule has 0 fully saturated rings. The summed E-state index contributed by atoms with van der Waals surface area (Å²) in [5.74, 6) is 0.916. The van der Waals surface area contributed by atoms with Crippen LogP contribution in [0.3, 0.4) is 0 Å². The number of aryl methyl sites for hydroxylation is 2. The smallest absolute Gasteiger partial charge is 0.319 e. The topological polar surface area (TPSA) is 63.2 Å². The van der Waals surface area contributed by atoms with Crippen LogP contribution in [0.4, 0.5) is 10.5 Å². The van der Waals surface area contributed by atoms with Gasteiger partial charge in [0.15, 0.2) is 5.15 Å². The van der Waals surface area contributed by atoms with Gasteiger partial charge in [0.2, 0.25) is 0 Å². The van der Waals surface area contributed by atoms with Crippen molar-refractivity contribution >= 4 is 23.3 Å². The lowest BCUT2D eigenvalue weighted by atomic mass is 10.1. The average Bonchev–Trinajstić information content (AvgIpc) is 2.52. The van der Waals surface area contributed by atoms with Crippen molar-refractivity contribution in [1.82, 2.24) is 10.3 Å². The number of para-hydroxylation sites is 1. The third-order valence-electron chi connectivity index (χ3n) is 3.27. The highest BCUT2D eigenvalue weighted by atomic mass is 35.5. The van der Waals surface area contributed by atoms with Crippen LogP contribution in [0.5, 0.6) is 5.75 Å². The molecule has 0 saturated heterocycles. The molecule has 0 spiro atoms. The van der Waals surface area contributed by atoms with Crippen molar-refractivity contribution in [3.8, 4) is 5.75 Å². The number of ether oxygens (including phenoxy) is 1. The van der Waals surface area contributed by atoms with E-state index in [2.05, 4.69) is 15.6 Å². The summed E-state index contributed by atoms with van der Waals surface area (Å²) in [5.41, 5.74) is 2.71. The molecule has 0 saturated carbocycles. The second kappa shape index (κ2) is 8.39. The van der Waals surface area contributed by atoms with E-state index in [0.717, 1.165) is 16.9 Å². The Hall–Kier alpha value is -2.27. The van der Waals surface area contributed by atoms with Gasteiger partial charge in [0.1, 0.15) is 5.75 Å². The molecular weight excluding hydrogens is 314 g/mol. The monoisotopic (exact) mass is 333 g/mol. The first-order valence-electron chi connectivity index (χ1n) is 7.42. The van der Waals surface area contributed by atoms with Gasteiger partial charge in [-0.3, -0.25) is 0 Å². The Morgan fingerprint density at radius 1 is 1.22 bits per heavy atom. The number of urea groups is 1. The first-order chi connectivity index (χ1) is 11.1. The van der Waals surface area contributed by atoms with E-state index in [1.54, 1.807) is 18.3 Å². The number of halogens is 1. The van der Waals surface area contributed by atoms with E-state index in [1.807, 2.05) is 32.0 Å². The second-order valence-electron chi connectivity index (χ2n) is 5.15. The third-order valence-corrected chi connectivity index (χ3v) is 3.57. The Balaban J connectivity index is 1.69. The zero-order chi connectivity index (χ0) is 16.7. The quantitative estimate of drug-likeness (QED) is 0.621. The summed E-state index contributed by atoms with van der Waals surface area (Å²) in [6.07, 6.45) is 2.28. The molecule has 0 radical (unpaired) electrons. The van der Waals surface area contributed by atoms with Gasteiger partial charge in [0.05, 0.1) is 12.3 Å². The van der Waals surface area contributed by atoms with Gasteiger partial charge >= 0.3 is 6.03 Å². The van der Waals surface area contributed by atoms with Crippen molar-refractivity contribution in [2.24, 2.45) is 0 Å². The number of amides is 2. The summed E-state index contributed by atoms with van der Waals surface area (Å²) < 4.78 is 5.78. The van der Waals surface area contributed by atoms with Crippen LogP contribution in [0.15, 0.2) is 36.5 Å². The number of nitrogens with one attached hydrogen (secondary N) is 2. The normalized spacial score (nSPS) is 10.2. The molecule has 1 aromatic heterocycles. The van der Waals surface area contributed by atoms with Gasteiger partial charge in [-0.25, -0.2) is 9.78 Å². The van der Waals surface area contributed by atoms with Crippen molar-refractivity contribution in [1.29, 1.82) is 0 Å². The number of hydrogen-bond acceptors (Lipinski definition) is 3. The van der Waals surface area contributed by atoms with Crippen molar-refractivity contribution in [2.75, 3.05) is 18.5 Å². The first-order valence-corrected chi connectivity index (χ1v) is 7.80. The Bertz CT molecular complexity index is 656. The number of hydrogen-bond donors (Lipinski definition) is 2. The first kappa shape index (κ1) is 17.1. The molecule has 6 heteroatoms. The van der Waals surface area contributed by atoms with Crippen LogP contribution in [0.1, 0.15) is 17.5 Å². The van der Waals surface area contributed by atoms with E-state index in [0.29, 0.717) is 25.3 Å². The molecule has 5 nitrogen and oxygen atoms in total. The van der Waals surface area contributed by atoms with Crippen molar-refractivity contribution < 1.29 is 9.53 Å². The lowest BCUT2D eigenvalue weighted by molar-refractivity contribution is 0.250. The maximum atomic E-state index is 11.8. The zero-order valence-electron chi connectivity index (χ0n) is 13.2. The molecule has 0 aliphatic carbocycles. The number of benzene rings is 1. The SMILES string of the molecule is Cc1cccc(C)c1OCCCNC(=O)Nc1cccnc1Cl. The summed E-state index contributed by atoms with van der Waals surface area (Å²) in [6, 6.07) is 9.13. The highest BCUT2D eigenvalue weighted by Crippen LogP contribution is 2.22. The minimum atomic E-state index is -0.313. The predicted molar refractivity (Wildman–Crippen MR) is 92.3 cm³/mol. The van der Waals surface area contributed by atoms with E-state index >= 15 is 0 Å². The number of carbonyl (C=O) groups excluding carboxylic acids is 1. The Morgan fingerprint density at radius 2 is 1.96 bits per heavy atom. The molecule has 2 amide bonds. The molecule has 2 N–H and O–H groups in total. The van der Waals surface area contributed by atoms with Crippen LogP contribution >= 0.6 is 11.6 Å². The number of aromatic nitrogens is 1. The van der Waals surface area contributed by atoms with Gasteiger partial charge in [-0.05, 0) is 43.5 Å². The summed E-state index contributed by atoms with van der Waals surface area (Å²) in [4.78, 5) is 15.7. The molecule has 2 rings (SSSR count). The van der Waals surface area contributed by atoms with Crippen LogP contribution < -0.4 is 15.4 Å². The van der Waals surface area contributed by atoms with E-state index in [4.69, 9.17) is 16.3 Å². The van der Waals surface area contributed by atoms with Crippen molar-refractivity contribution in [3.05, 3.63) is 52.8 Å². The van der Waals surface area contributed by atoms with Gasteiger partial charge in [0, 0.05) is 12.7 Å². The fraction of sp³-hybridized carbons (Fsp3) is 0.294. The second-order valence-corrected chi connectivity index (χ2v) is 5.50. The molecule has 0 aliphatic heterocycles. The van der Waals surface area contributed by atoms with Gasteiger partial charge in [-0.15, -0.1) is 0 Å². The van der Waals surface area contributed by atoms with Crippen LogP contribution in [-0.2, 0) is 0 Å². The third kappa shape index (κ3) is 5.14. The number of carbonyl (C=O) groups is 1. The van der Waals surface area contributed by atoms with Crippen LogP contribution in [0.25, 0.3) is 0 Å². The van der Waals surface area contributed by atoms with E-state index in [1.165, 1.54) is 0 Å².